The Morgan fingerprint density at radius 3 is 2.38 bits per heavy atom. The number of aromatic nitrogens is 2. The Morgan fingerprint density at radius 1 is 1.21 bits per heavy atom. The number of hydrogen-bond donors (Lipinski definition) is 1. The molecule has 0 aliphatic carbocycles. The Hall–Kier alpha value is -2.63. The molecule has 6 heteroatoms. The maximum atomic E-state index is 5.31. The quantitative estimate of drug-likeness (QED) is 0.671. The van der Waals surface area contributed by atoms with Crippen LogP contribution in [-0.2, 0) is 7.05 Å². The highest BCUT2D eigenvalue weighted by Gasteiger charge is 2.15. The summed E-state index contributed by atoms with van der Waals surface area (Å²) in [7, 11) is 5.18. The van der Waals surface area contributed by atoms with E-state index in [0.29, 0.717) is 17.3 Å². The number of methoxy groups -OCH3 is 1. The normalized spacial score (nSPS) is 9.88. The van der Waals surface area contributed by atoms with Gasteiger partial charge in [-0.1, -0.05) is 39.8 Å². The van der Waals surface area contributed by atoms with Gasteiger partial charge in [-0.25, -0.2) is 9.98 Å². The minimum absolute atomic E-state index is 0.609. The van der Waals surface area contributed by atoms with Gasteiger partial charge in [0.2, 0.25) is 0 Å². The zero-order valence-electron chi connectivity index (χ0n) is 15.8. The van der Waals surface area contributed by atoms with Gasteiger partial charge >= 0.3 is 0 Å². The minimum Gasteiger partial charge on any atom is -0.495 e. The summed E-state index contributed by atoms with van der Waals surface area (Å²) in [5.41, 5.74) is 1.46. The molecule has 6 nitrogen and oxygen atoms in total. The first kappa shape index (κ1) is 21.4. The van der Waals surface area contributed by atoms with E-state index in [-0.39, 0.29) is 0 Å². The molecule has 24 heavy (non-hydrogen) atoms. The average Bonchev–Trinajstić information content (AvgIpc) is 3.03. The first-order valence-corrected chi connectivity index (χ1v) is 8.06. The fourth-order valence-electron chi connectivity index (χ4n) is 1.87. The molecule has 0 saturated carbocycles. The molecule has 132 valence electrons. The summed E-state index contributed by atoms with van der Waals surface area (Å²) in [6.07, 6.45) is 1.68. The third kappa shape index (κ3) is 5.22. The molecule has 0 saturated heterocycles. The molecule has 0 atom stereocenters. The van der Waals surface area contributed by atoms with Crippen molar-refractivity contribution in [2.45, 2.75) is 27.7 Å². The van der Waals surface area contributed by atoms with Gasteiger partial charge in [-0.15, -0.1) is 0 Å². The number of aliphatic imine (C=N–C) groups is 2. The Bertz CT molecular complexity index is 647. The second-order valence-electron chi connectivity index (χ2n) is 4.08. The second-order valence-corrected chi connectivity index (χ2v) is 4.08. The molecule has 1 aromatic carbocycles. The number of para-hydroxylation sites is 2. The van der Waals surface area contributed by atoms with Crippen LogP contribution in [0.15, 0.2) is 40.6 Å². The van der Waals surface area contributed by atoms with Crippen LogP contribution in [0.4, 0.5) is 11.5 Å². The van der Waals surface area contributed by atoms with Crippen molar-refractivity contribution in [2.75, 3.05) is 19.5 Å². The Labute approximate surface area is 145 Å². The van der Waals surface area contributed by atoms with Gasteiger partial charge in [-0.3, -0.25) is 4.99 Å². The van der Waals surface area contributed by atoms with Crippen LogP contribution < -0.4 is 10.1 Å². The van der Waals surface area contributed by atoms with Gasteiger partial charge in [-0.2, -0.15) is 0 Å². The minimum atomic E-state index is 0.609. The van der Waals surface area contributed by atoms with Crippen molar-refractivity contribution in [3.63, 3.8) is 0 Å². The van der Waals surface area contributed by atoms with E-state index >= 15 is 0 Å². The van der Waals surface area contributed by atoms with E-state index in [0.717, 1.165) is 11.4 Å². The molecule has 0 fully saturated rings. The van der Waals surface area contributed by atoms with Crippen LogP contribution in [0.2, 0.25) is 0 Å². The lowest BCUT2D eigenvalue weighted by Crippen LogP contribution is -2.15. The van der Waals surface area contributed by atoms with Crippen molar-refractivity contribution in [3.05, 3.63) is 36.3 Å². The van der Waals surface area contributed by atoms with Gasteiger partial charge in [-0.05, 0) is 18.9 Å². The number of benzene rings is 1. The number of imidazole rings is 1. The van der Waals surface area contributed by atoms with Crippen LogP contribution in [0.25, 0.3) is 0 Å². The summed E-state index contributed by atoms with van der Waals surface area (Å²) in [5, 5.41) is 3.21. The molecular weight excluding hydrogens is 302 g/mol. The molecule has 0 amide bonds. The maximum absolute atomic E-state index is 5.31. The van der Waals surface area contributed by atoms with Crippen molar-refractivity contribution in [1.29, 1.82) is 0 Å². The largest absolute Gasteiger partial charge is 0.495 e. The van der Waals surface area contributed by atoms with Gasteiger partial charge in [0, 0.05) is 14.1 Å². The van der Waals surface area contributed by atoms with Crippen molar-refractivity contribution < 1.29 is 4.74 Å². The molecule has 2 rings (SSSR count). The summed E-state index contributed by atoms with van der Waals surface area (Å²) in [5.74, 6) is 2.00. The summed E-state index contributed by atoms with van der Waals surface area (Å²) in [6.45, 7) is 11.6. The molecular formula is C18H29N5O. The van der Waals surface area contributed by atoms with E-state index in [9.17, 15) is 0 Å². The lowest BCUT2D eigenvalue weighted by Gasteiger charge is -2.12. The van der Waals surface area contributed by atoms with E-state index < -0.39 is 0 Å². The first-order chi connectivity index (χ1) is 11.7. The highest BCUT2D eigenvalue weighted by Crippen LogP contribution is 2.25. The van der Waals surface area contributed by atoms with Gasteiger partial charge in [0.15, 0.2) is 11.7 Å². The third-order valence-corrected chi connectivity index (χ3v) is 2.86. The molecule has 1 N–H and O–H groups in total. The Morgan fingerprint density at radius 2 is 1.83 bits per heavy atom. The molecule has 0 radical (unpaired) electrons. The lowest BCUT2D eigenvalue weighted by molar-refractivity contribution is 0.417. The number of aryl methyl sites for hydroxylation is 1. The predicted molar refractivity (Wildman–Crippen MR) is 104 cm³/mol. The van der Waals surface area contributed by atoms with Gasteiger partial charge < -0.3 is 14.6 Å². The van der Waals surface area contributed by atoms with E-state index in [2.05, 4.69) is 27.0 Å². The number of nitrogens with zero attached hydrogens (tertiary/aromatic N) is 4. The van der Waals surface area contributed by atoms with Crippen molar-refractivity contribution in [3.8, 4) is 5.75 Å². The van der Waals surface area contributed by atoms with E-state index in [1.54, 1.807) is 25.1 Å². The highest BCUT2D eigenvalue weighted by atomic mass is 16.5. The van der Waals surface area contributed by atoms with Crippen LogP contribution in [0, 0.1) is 0 Å². The highest BCUT2D eigenvalue weighted by molar-refractivity contribution is 6.10. The predicted octanol–water partition coefficient (Wildman–Crippen LogP) is 4.30. The molecule has 1 aromatic heterocycles. The Balaban J connectivity index is 0.00000123. The zero-order chi connectivity index (χ0) is 18.5. The summed E-state index contributed by atoms with van der Waals surface area (Å²) in [6, 6.07) is 7.61. The number of rotatable bonds is 4. The second kappa shape index (κ2) is 11.9. The van der Waals surface area contributed by atoms with Crippen LogP contribution in [0.5, 0.6) is 5.75 Å². The molecule has 0 bridgehead atoms. The molecule has 1 heterocycles. The van der Waals surface area contributed by atoms with Crippen LogP contribution in [0.1, 0.15) is 33.4 Å². The van der Waals surface area contributed by atoms with Crippen molar-refractivity contribution in [1.82, 2.24) is 9.55 Å². The third-order valence-electron chi connectivity index (χ3n) is 2.86. The molecule has 2 aromatic rings. The van der Waals surface area contributed by atoms with Crippen molar-refractivity contribution >= 4 is 24.1 Å². The van der Waals surface area contributed by atoms with Gasteiger partial charge in [0.25, 0.3) is 0 Å². The number of hydrogen-bond acceptors (Lipinski definition) is 4. The summed E-state index contributed by atoms with van der Waals surface area (Å²) < 4.78 is 7.10. The Kier molecular flexibility index (Phi) is 10.6. The topological polar surface area (TPSA) is 63.8 Å². The molecule has 0 aliphatic rings. The first-order valence-electron chi connectivity index (χ1n) is 8.06. The fraction of sp³-hybridized carbons (Fsp3) is 0.389. The monoisotopic (exact) mass is 331 g/mol. The van der Waals surface area contributed by atoms with E-state index in [1.807, 2.05) is 59.0 Å². The zero-order valence-corrected chi connectivity index (χ0v) is 15.8. The number of ether oxygens (including phenoxy) is 1. The van der Waals surface area contributed by atoms with Crippen LogP contribution >= 0.6 is 0 Å². The number of anilines is 1. The van der Waals surface area contributed by atoms with Crippen LogP contribution in [0.3, 0.4) is 0 Å². The molecule has 0 aliphatic heterocycles. The SMILES string of the molecule is C=Nc1c(C(=NC)Nc2ccccc2OC)ncn1C.CC.CC. The smallest absolute Gasteiger partial charge is 0.162 e. The average molecular weight is 331 g/mol. The molecule has 0 unspecified atom stereocenters. The molecule has 0 spiro atoms. The van der Waals surface area contributed by atoms with E-state index in [4.69, 9.17) is 4.74 Å². The maximum Gasteiger partial charge on any atom is 0.162 e. The standard InChI is InChI=1S/C14H17N5O.2C2H6/c1-15-13(12-14(16-2)19(3)9-17-12)18-10-7-5-6-8-11(10)20-4;2*1-2/h5-9H,2H2,1,3-4H3,(H,15,18);2*1-2H3. The van der Waals surface area contributed by atoms with Crippen molar-refractivity contribution in [2.24, 2.45) is 17.0 Å². The summed E-state index contributed by atoms with van der Waals surface area (Å²) in [4.78, 5) is 12.5. The fourth-order valence-corrected chi connectivity index (χ4v) is 1.87. The van der Waals surface area contributed by atoms with Gasteiger partial charge in [0.05, 0.1) is 19.1 Å². The van der Waals surface area contributed by atoms with Gasteiger partial charge in [0.1, 0.15) is 11.4 Å². The van der Waals surface area contributed by atoms with E-state index in [1.165, 1.54) is 0 Å². The lowest BCUT2D eigenvalue weighted by atomic mass is 10.2. The number of amidine groups is 1. The number of nitrogens with one attached hydrogen (secondary N) is 1. The summed E-state index contributed by atoms with van der Waals surface area (Å²) >= 11 is 0. The van der Waals surface area contributed by atoms with Crippen LogP contribution in [-0.4, -0.2) is 36.3 Å².